The van der Waals surface area contributed by atoms with Gasteiger partial charge in [0.25, 0.3) is 0 Å². The zero-order chi connectivity index (χ0) is 20.6. The molecule has 0 radical (unpaired) electrons. The summed E-state index contributed by atoms with van der Waals surface area (Å²) in [6, 6.07) is 0. The van der Waals surface area contributed by atoms with Gasteiger partial charge in [-0.1, -0.05) is 11.6 Å². The monoisotopic (exact) mass is 410 g/mol. The highest BCUT2D eigenvalue weighted by Gasteiger charge is 2.72. The van der Waals surface area contributed by atoms with E-state index in [0.29, 0.717) is 26.3 Å². The van der Waals surface area contributed by atoms with Crippen molar-refractivity contribution < 1.29 is 28.5 Å². The van der Waals surface area contributed by atoms with Gasteiger partial charge in [0, 0.05) is 20.2 Å². The summed E-state index contributed by atoms with van der Waals surface area (Å²) in [6.45, 7) is 9.59. The molecule has 6 unspecified atom stereocenters. The Kier molecular flexibility index (Phi) is 5.92. The Morgan fingerprint density at radius 3 is 2.66 bits per heavy atom. The zero-order valence-electron chi connectivity index (χ0n) is 17.9. The minimum absolute atomic E-state index is 0.0329. The fourth-order valence-electron chi connectivity index (χ4n) is 5.04. The lowest BCUT2D eigenvalue weighted by Crippen LogP contribution is -2.57. The first-order valence-corrected chi connectivity index (χ1v) is 10.7. The molecular weight excluding hydrogens is 376 g/mol. The maximum atomic E-state index is 12.5. The molecule has 8 heteroatoms. The summed E-state index contributed by atoms with van der Waals surface area (Å²) in [5.74, 6) is 0.0329. The molecule has 8 nitrogen and oxygen atoms in total. The first-order chi connectivity index (χ1) is 13.9. The molecule has 1 N–H and O–H groups in total. The predicted molar refractivity (Wildman–Crippen MR) is 105 cm³/mol. The maximum absolute atomic E-state index is 12.5. The van der Waals surface area contributed by atoms with Crippen LogP contribution in [0, 0.1) is 5.92 Å². The number of rotatable bonds is 6. The topological polar surface area (TPSA) is 85.1 Å². The lowest BCUT2D eigenvalue weighted by atomic mass is 9.68. The largest absolute Gasteiger partial charge is 0.443 e. The van der Waals surface area contributed by atoms with Gasteiger partial charge in [-0.15, -0.1) is 0 Å². The number of epoxide rings is 2. The van der Waals surface area contributed by atoms with Crippen molar-refractivity contribution in [2.75, 3.05) is 40.0 Å². The number of methoxy groups -OCH3 is 1. The van der Waals surface area contributed by atoms with Gasteiger partial charge in [-0.3, -0.25) is 5.43 Å². The van der Waals surface area contributed by atoms with Gasteiger partial charge in [0.1, 0.15) is 23.4 Å². The van der Waals surface area contributed by atoms with Crippen molar-refractivity contribution in [3.63, 3.8) is 0 Å². The second-order valence-corrected chi connectivity index (χ2v) is 9.03. The molecule has 3 saturated heterocycles. The normalized spacial score (nSPS) is 41.7. The Bertz CT molecular complexity index is 641. The third-order valence-electron chi connectivity index (χ3n) is 6.76. The number of nitrogens with zero attached hydrogens (tertiary/aromatic N) is 1. The molecule has 4 aliphatic rings. The van der Waals surface area contributed by atoms with Crippen LogP contribution in [-0.2, 0) is 23.7 Å². The van der Waals surface area contributed by atoms with E-state index >= 15 is 0 Å². The Hall–Kier alpha value is -1.19. The SMILES string of the molecule is COC1C(OC(=O)NN2CCOCC2)CCC2(CO2)C1C1(C)OC1CC=C(C)C. The van der Waals surface area contributed by atoms with Crippen molar-refractivity contribution in [2.45, 2.75) is 69.5 Å². The molecule has 1 spiro atoms. The van der Waals surface area contributed by atoms with Crippen LogP contribution in [0.5, 0.6) is 0 Å². The molecule has 4 rings (SSSR count). The predicted octanol–water partition coefficient (Wildman–Crippen LogP) is 2.04. The number of carbonyl (C=O) groups is 1. The standard InChI is InChI=1S/C21H34N2O6/c1-14(2)5-6-16-20(3,29-16)18-17(25-4)15(7-8-21(18)13-27-21)28-19(24)22-23-9-11-26-12-10-23/h5,15-18H,6-13H2,1-4H3,(H,22,24). The van der Waals surface area contributed by atoms with Crippen LogP contribution >= 0.6 is 0 Å². The first kappa shape index (κ1) is 21.1. The van der Waals surface area contributed by atoms with E-state index in [1.165, 1.54) is 5.57 Å². The Morgan fingerprint density at radius 1 is 1.31 bits per heavy atom. The molecule has 1 amide bonds. The number of amides is 1. The lowest BCUT2D eigenvalue weighted by Gasteiger charge is -2.42. The van der Waals surface area contributed by atoms with Crippen LogP contribution in [0.25, 0.3) is 0 Å². The van der Waals surface area contributed by atoms with Crippen molar-refractivity contribution in [3.8, 4) is 0 Å². The highest BCUT2D eigenvalue weighted by molar-refractivity contribution is 5.66. The van der Waals surface area contributed by atoms with Crippen LogP contribution in [0.4, 0.5) is 4.79 Å². The minimum Gasteiger partial charge on any atom is -0.443 e. The number of hydrazine groups is 1. The molecule has 6 atom stereocenters. The molecule has 0 aromatic heterocycles. The molecule has 0 bridgehead atoms. The maximum Gasteiger partial charge on any atom is 0.422 e. The highest BCUT2D eigenvalue weighted by atomic mass is 16.6. The molecule has 4 fully saturated rings. The van der Waals surface area contributed by atoms with Gasteiger partial charge in [0.2, 0.25) is 0 Å². The molecule has 29 heavy (non-hydrogen) atoms. The van der Waals surface area contributed by atoms with E-state index in [9.17, 15) is 4.79 Å². The molecule has 0 aromatic carbocycles. The van der Waals surface area contributed by atoms with E-state index in [1.807, 2.05) is 5.01 Å². The fourth-order valence-corrected chi connectivity index (χ4v) is 5.04. The molecular formula is C21H34N2O6. The summed E-state index contributed by atoms with van der Waals surface area (Å²) in [5, 5.41) is 1.83. The summed E-state index contributed by atoms with van der Waals surface area (Å²) in [4.78, 5) is 12.5. The third-order valence-corrected chi connectivity index (χ3v) is 6.76. The van der Waals surface area contributed by atoms with Gasteiger partial charge < -0.3 is 23.7 Å². The highest BCUT2D eigenvalue weighted by Crippen LogP contribution is 2.59. The second-order valence-electron chi connectivity index (χ2n) is 9.03. The third kappa shape index (κ3) is 4.32. The molecule has 164 valence electrons. The molecule has 1 aliphatic carbocycles. The molecule has 1 saturated carbocycles. The van der Waals surface area contributed by atoms with Gasteiger partial charge in [0.05, 0.1) is 31.8 Å². The summed E-state index contributed by atoms with van der Waals surface area (Å²) in [5.41, 5.74) is 3.57. The van der Waals surface area contributed by atoms with Crippen molar-refractivity contribution in [1.82, 2.24) is 10.4 Å². The number of nitrogens with one attached hydrogen (secondary N) is 1. The van der Waals surface area contributed by atoms with Crippen LogP contribution in [0.2, 0.25) is 0 Å². The average molecular weight is 411 g/mol. The number of carbonyl (C=O) groups excluding carboxylic acids is 1. The number of hydrogen-bond donors (Lipinski definition) is 1. The van der Waals surface area contributed by atoms with Gasteiger partial charge in [-0.25, -0.2) is 9.80 Å². The fraction of sp³-hybridized carbons (Fsp3) is 0.857. The summed E-state index contributed by atoms with van der Waals surface area (Å²) < 4.78 is 29.2. The van der Waals surface area contributed by atoms with Crippen LogP contribution in [0.1, 0.15) is 40.0 Å². The lowest BCUT2D eigenvalue weighted by molar-refractivity contribution is -0.120. The van der Waals surface area contributed by atoms with Crippen LogP contribution in [0.3, 0.4) is 0 Å². The quantitative estimate of drug-likeness (QED) is 0.530. The molecule has 0 aromatic rings. The zero-order valence-corrected chi connectivity index (χ0v) is 17.9. The van der Waals surface area contributed by atoms with E-state index in [-0.39, 0.29) is 35.4 Å². The van der Waals surface area contributed by atoms with Crippen molar-refractivity contribution >= 4 is 6.09 Å². The smallest absolute Gasteiger partial charge is 0.422 e. The van der Waals surface area contributed by atoms with Crippen molar-refractivity contribution in [3.05, 3.63) is 11.6 Å². The first-order valence-electron chi connectivity index (χ1n) is 10.7. The van der Waals surface area contributed by atoms with Crippen molar-refractivity contribution in [2.24, 2.45) is 5.92 Å². The van der Waals surface area contributed by atoms with Gasteiger partial charge in [-0.05, 0) is 40.0 Å². The number of ether oxygens (including phenoxy) is 5. The van der Waals surface area contributed by atoms with Gasteiger partial charge in [0.15, 0.2) is 0 Å². The van der Waals surface area contributed by atoms with E-state index in [0.717, 1.165) is 25.9 Å². The van der Waals surface area contributed by atoms with E-state index in [1.54, 1.807) is 7.11 Å². The minimum atomic E-state index is -0.437. The number of allylic oxidation sites excluding steroid dienone is 1. The Morgan fingerprint density at radius 2 is 2.03 bits per heavy atom. The van der Waals surface area contributed by atoms with Gasteiger partial charge in [-0.2, -0.15) is 0 Å². The molecule has 3 aliphatic heterocycles. The second kappa shape index (κ2) is 8.15. The van der Waals surface area contributed by atoms with E-state index in [4.69, 9.17) is 23.7 Å². The van der Waals surface area contributed by atoms with E-state index in [2.05, 4.69) is 32.3 Å². The van der Waals surface area contributed by atoms with Crippen LogP contribution in [-0.4, -0.2) is 80.6 Å². The Labute approximate surface area is 172 Å². The number of morpholine rings is 1. The van der Waals surface area contributed by atoms with Crippen molar-refractivity contribution in [1.29, 1.82) is 0 Å². The summed E-state index contributed by atoms with van der Waals surface area (Å²) in [6.07, 6.45) is 3.78. The van der Waals surface area contributed by atoms with Gasteiger partial charge >= 0.3 is 6.09 Å². The summed E-state index contributed by atoms with van der Waals surface area (Å²) in [7, 11) is 1.69. The average Bonchev–Trinajstić information content (AvgIpc) is 3.60. The van der Waals surface area contributed by atoms with Crippen LogP contribution in [0.15, 0.2) is 11.6 Å². The molecule has 3 heterocycles. The van der Waals surface area contributed by atoms with E-state index < -0.39 is 6.09 Å². The van der Waals surface area contributed by atoms with Crippen LogP contribution < -0.4 is 5.43 Å². The summed E-state index contributed by atoms with van der Waals surface area (Å²) >= 11 is 0. The number of hydrogen-bond acceptors (Lipinski definition) is 7. The Balaban J connectivity index is 1.42.